The van der Waals surface area contributed by atoms with Gasteiger partial charge in [0.2, 0.25) is 5.96 Å². The zero-order chi connectivity index (χ0) is 17.0. The Hall–Kier alpha value is -2.61. The van der Waals surface area contributed by atoms with Crippen LogP contribution in [0.4, 0.5) is 5.69 Å². The summed E-state index contributed by atoms with van der Waals surface area (Å²) in [6.45, 7) is 5.08. The van der Waals surface area contributed by atoms with E-state index in [4.69, 9.17) is 21.9 Å². The standard InChI is InChI=1S/C15H22N6O2/c1-9-7-21(8-10(2)23-9)13(22)11-3-5-12(6-4-11)19-15(18)20-14(16)17/h3-6,9-10H,7-8H2,1-2H3,(H6,16,17,18,19,20). The van der Waals surface area contributed by atoms with Crippen LogP contribution in [0.5, 0.6) is 0 Å². The third-order valence-corrected chi connectivity index (χ3v) is 3.31. The van der Waals surface area contributed by atoms with Crippen molar-refractivity contribution in [3.05, 3.63) is 29.8 Å². The summed E-state index contributed by atoms with van der Waals surface area (Å²) in [6, 6.07) is 6.79. The number of hydrogen-bond donors (Lipinski definition) is 3. The van der Waals surface area contributed by atoms with E-state index >= 15 is 0 Å². The zero-order valence-corrected chi connectivity index (χ0v) is 13.3. The summed E-state index contributed by atoms with van der Waals surface area (Å²) in [7, 11) is 0. The molecule has 1 aliphatic rings. The minimum absolute atomic E-state index is 0.0280. The molecule has 1 aromatic carbocycles. The van der Waals surface area contributed by atoms with E-state index in [0.29, 0.717) is 24.3 Å². The van der Waals surface area contributed by atoms with Crippen molar-refractivity contribution in [2.75, 3.05) is 13.1 Å². The van der Waals surface area contributed by atoms with Crippen molar-refractivity contribution in [3.8, 4) is 0 Å². The number of morpholine rings is 1. The number of nitrogens with zero attached hydrogens (tertiary/aromatic N) is 3. The Morgan fingerprint density at radius 2 is 1.70 bits per heavy atom. The molecule has 0 saturated carbocycles. The highest BCUT2D eigenvalue weighted by Crippen LogP contribution is 2.17. The molecule has 0 radical (unpaired) electrons. The second kappa shape index (κ2) is 7.10. The number of hydrogen-bond acceptors (Lipinski definition) is 3. The number of amides is 1. The van der Waals surface area contributed by atoms with Crippen molar-refractivity contribution in [2.45, 2.75) is 26.1 Å². The van der Waals surface area contributed by atoms with E-state index in [0.717, 1.165) is 0 Å². The van der Waals surface area contributed by atoms with Crippen LogP contribution >= 0.6 is 0 Å². The molecule has 0 aliphatic carbocycles. The Morgan fingerprint density at radius 1 is 1.13 bits per heavy atom. The number of carbonyl (C=O) groups is 1. The molecular weight excluding hydrogens is 296 g/mol. The molecule has 6 N–H and O–H groups in total. The van der Waals surface area contributed by atoms with Crippen molar-refractivity contribution in [2.24, 2.45) is 27.2 Å². The van der Waals surface area contributed by atoms with E-state index in [1.54, 1.807) is 29.2 Å². The number of nitrogens with two attached hydrogens (primary N) is 3. The average Bonchev–Trinajstić information content (AvgIpc) is 2.45. The molecule has 1 saturated heterocycles. The Morgan fingerprint density at radius 3 is 2.22 bits per heavy atom. The molecular formula is C15H22N6O2. The van der Waals surface area contributed by atoms with Crippen molar-refractivity contribution >= 4 is 23.5 Å². The molecule has 0 spiro atoms. The van der Waals surface area contributed by atoms with Gasteiger partial charge in [0.25, 0.3) is 5.91 Å². The highest BCUT2D eigenvalue weighted by molar-refractivity contribution is 5.95. The Bertz CT molecular complexity index is 611. The quantitative estimate of drug-likeness (QED) is 0.527. The van der Waals surface area contributed by atoms with Crippen LogP contribution in [0.2, 0.25) is 0 Å². The van der Waals surface area contributed by atoms with Crippen LogP contribution in [-0.2, 0) is 4.74 Å². The first-order chi connectivity index (χ1) is 10.8. The van der Waals surface area contributed by atoms with Gasteiger partial charge in [-0.25, -0.2) is 4.99 Å². The maximum Gasteiger partial charge on any atom is 0.254 e. The Labute approximate surface area is 135 Å². The molecule has 2 unspecified atom stereocenters. The summed E-state index contributed by atoms with van der Waals surface area (Å²) in [5.74, 6) is -0.228. The zero-order valence-electron chi connectivity index (χ0n) is 13.3. The highest BCUT2D eigenvalue weighted by Gasteiger charge is 2.26. The number of guanidine groups is 2. The number of rotatable bonds is 2. The molecule has 1 heterocycles. The van der Waals surface area contributed by atoms with Gasteiger partial charge in [-0.2, -0.15) is 4.99 Å². The monoisotopic (exact) mass is 318 g/mol. The van der Waals surface area contributed by atoms with Gasteiger partial charge in [-0.3, -0.25) is 4.79 Å². The van der Waals surface area contributed by atoms with E-state index in [1.807, 2.05) is 13.8 Å². The molecule has 23 heavy (non-hydrogen) atoms. The summed E-state index contributed by atoms with van der Waals surface area (Å²) >= 11 is 0. The fraction of sp³-hybridized carbons (Fsp3) is 0.400. The topological polar surface area (TPSA) is 132 Å². The van der Waals surface area contributed by atoms with E-state index in [9.17, 15) is 4.79 Å². The van der Waals surface area contributed by atoms with Gasteiger partial charge in [0.15, 0.2) is 5.96 Å². The van der Waals surface area contributed by atoms with Crippen molar-refractivity contribution < 1.29 is 9.53 Å². The van der Waals surface area contributed by atoms with Crippen LogP contribution in [0.3, 0.4) is 0 Å². The summed E-state index contributed by atoms with van der Waals surface area (Å²) < 4.78 is 5.64. The normalized spacial score (nSPS) is 21.8. The third kappa shape index (κ3) is 4.68. The Balaban J connectivity index is 2.10. The first kappa shape index (κ1) is 16.8. The van der Waals surface area contributed by atoms with Crippen molar-refractivity contribution in [3.63, 3.8) is 0 Å². The van der Waals surface area contributed by atoms with Crippen molar-refractivity contribution in [1.29, 1.82) is 0 Å². The van der Waals surface area contributed by atoms with E-state index in [-0.39, 0.29) is 30.0 Å². The fourth-order valence-electron chi connectivity index (χ4n) is 2.49. The minimum atomic E-state index is -0.159. The fourth-order valence-corrected chi connectivity index (χ4v) is 2.49. The first-order valence-corrected chi connectivity index (χ1v) is 7.33. The van der Waals surface area contributed by atoms with Gasteiger partial charge in [0.05, 0.1) is 17.9 Å². The molecule has 0 aromatic heterocycles. The molecule has 2 atom stereocenters. The van der Waals surface area contributed by atoms with E-state index < -0.39 is 0 Å². The number of ether oxygens (including phenoxy) is 1. The number of benzene rings is 1. The van der Waals surface area contributed by atoms with Gasteiger partial charge in [-0.05, 0) is 38.1 Å². The van der Waals surface area contributed by atoms with E-state index in [2.05, 4.69) is 9.98 Å². The second-order valence-electron chi connectivity index (χ2n) is 5.52. The van der Waals surface area contributed by atoms with Gasteiger partial charge in [-0.15, -0.1) is 0 Å². The van der Waals surface area contributed by atoms with Gasteiger partial charge < -0.3 is 26.8 Å². The van der Waals surface area contributed by atoms with E-state index in [1.165, 1.54) is 0 Å². The minimum Gasteiger partial charge on any atom is -0.372 e. The van der Waals surface area contributed by atoms with Crippen LogP contribution in [0, 0.1) is 0 Å². The summed E-state index contributed by atoms with van der Waals surface area (Å²) in [4.78, 5) is 22.0. The Kier molecular flexibility index (Phi) is 5.17. The largest absolute Gasteiger partial charge is 0.372 e. The third-order valence-electron chi connectivity index (χ3n) is 3.31. The lowest BCUT2D eigenvalue weighted by atomic mass is 10.1. The van der Waals surface area contributed by atoms with Crippen LogP contribution < -0.4 is 17.2 Å². The lowest BCUT2D eigenvalue weighted by molar-refractivity contribution is -0.0586. The first-order valence-electron chi connectivity index (χ1n) is 7.33. The predicted molar refractivity (Wildman–Crippen MR) is 89.4 cm³/mol. The number of carbonyl (C=O) groups excluding carboxylic acids is 1. The smallest absolute Gasteiger partial charge is 0.254 e. The van der Waals surface area contributed by atoms with Crippen LogP contribution in [0.1, 0.15) is 24.2 Å². The molecule has 124 valence electrons. The second-order valence-corrected chi connectivity index (χ2v) is 5.52. The van der Waals surface area contributed by atoms with Gasteiger partial charge in [-0.1, -0.05) is 0 Å². The molecule has 0 bridgehead atoms. The highest BCUT2D eigenvalue weighted by atomic mass is 16.5. The average molecular weight is 318 g/mol. The molecule has 1 aromatic rings. The molecule has 8 heteroatoms. The van der Waals surface area contributed by atoms with Crippen LogP contribution in [0.25, 0.3) is 0 Å². The molecule has 1 amide bonds. The maximum absolute atomic E-state index is 12.5. The van der Waals surface area contributed by atoms with Crippen LogP contribution in [-0.4, -0.2) is 48.0 Å². The summed E-state index contributed by atoms with van der Waals surface area (Å²) in [5, 5.41) is 0. The van der Waals surface area contributed by atoms with Gasteiger partial charge in [0.1, 0.15) is 0 Å². The van der Waals surface area contributed by atoms with Gasteiger partial charge in [0, 0.05) is 18.7 Å². The van der Waals surface area contributed by atoms with Crippen molar-refractivity contribution in [1.82, 2.24) is 4.90 Å². The predicted octanol–water partition coefficient (Wildman–Crippen LogP) is 0.156. The molecule has 2 rings (SSSR count). The SMILES string of the molecule is CC1CN(C(=O)c2ccc(N=C(N)N=C(N)N)cc2)CC(C)O1. The van der Waals surface area contributed by atoms with Crippen LogP contribution in [0.15, 0.2) is 34.3 Å². The molecule has 8 nitrogen and oxygen atoms in total. The lowest BCUT2D eigenvalue weighted by Crippen LogP contribution is -2.48. The van der Waals surface area contributed by atoms with Gasteiger partial charge >= 0.3 is 0 Å². The lowest BCUT2D eigenvalue weighted by Gasteiger charge is -2.35. The summed E-state index contributed by atoms with van der Waals surface area (Å²) in [5.41, 5.74) is 17.2. The number of aliphatic imine (C=N–C) groups is 2. The molecule has 1 fully saturated rings. The molecule has 1 aliphatic heterocycles. The maximum atomic E-state index is 12.5. The summed E-state index contributed by atoms with van der Waals surface area (Å²) in [6.07, 6.45) is 0.0666.